The number of rotatable bonds is 3. The van der Waals surface area contributed by atoms with Crippen LogP contribution in [0.25, 0.3) is 0 Å². The fraction of sp³-hybridized carbons (Fsp3) is 0.222. The maximum atomic E-state index is 11.3. The summed E-state index contributed by atoms with van der Waals surface area (Å²) in [5, 5.41) is 11.7. The predicted octanol–water partition coefficient (Wildman–Crippen LogP) is 1.36. The van der Waals surface area contributed by atoms with E-state index in [1.165, 1.54) is 12.1 Å². The Hall–Kier alpha value is -1.22. The molecular formula is C9H10ClNO2. The molecule has 0 spiro atoms. The molecular weight excluding hydrogens is 190 g/mol. The molecule has 0 saturated carbocycles. The van der Waals surface area contributed by atoms with Crippen molar-refractivity contribution in [2.75, 3.05) is 12.4 Å². The van der Waals surface area contributed by atoms with E-state index in [1.54, 1.807) is 12.1 Å². The van der Waals surface area contributed by atoms with Crippen molar-refractivity contribution >= 4 is 17.5 Å². The number of carbonyl (C=O) groups excluding carboxylic acids is 1. The zero-order valence-electron chi connectivity index (χ0n) is 6.96. The third-order valence-electron chi connectivity index (χ3n) is 1.49. The van der Waals surface area contributed by atoms with E-state index in [0.717, 1.165) is 0 Å². The molecule has 1 aromatic carbocycles. The molecule has 1 rings (SSSR count). The van der Waals surface area contributed by atoms with Gasteiger partial charge in [0, 0.05) is 18.0 Å². The van der Waals surface area contributed by atoms with Gasteiger partial charge in [-0.1, -0.05) is 6.07 Å². The highest BCUT2D eigenvalue weighted by molar-refractivity contribution is 6.18. The van der Waals surface area contributed by atoms with Crippen LogP contribution in [0.5, 0.6) is 5.75 Å². The highest BCUT2D eigenvalue weighted by Crippen LogP contribution is 2.10. The standard InChI is InChI=1S/C9H10ClNO2/c10-4-5-11-9(13)7-2-1-3-8(12)6-7/h1-3,6,12H,4-5H2,(H,11,13). The van der Waals surface area contributed by atoms with Crippen molar-refractivity contribution in [3.8, 4) is 5.75 Å². The van der Waals surface area contributed by atoms with Crippen molar-refractivity contribution in [1.29, 1.82) is 0 Å². The molecule has 0 aliphatic carbocycles. The van der Waals surface area contributed by atoms with Crippen LogP contribution < -0.4 is 5.32 Å². The first-order chi connectivity index (χ1) is 6.24. The third kappa shape index (κ3) is 2.95. The van der Waals surface area contributed by atoms with Gasteiger partial charge in [0.05, 0.1) is 0 Å². The molecule has 70 valence electrons. The number of benzene rings is 1. The molecule has 0 bridgehead atoms. The number of hydrogen-bond donors (Lipinski definition) is 2. The Morgan fingerprint density at radius 1 is 1.54 bits per heavy atom. The summed E-state index contributed by atoms with van der Waals surface area (Å²) < 4.78 is 0. The van der Waals surface area contributed by atoms with Gasteiger partial charge < -0.3 is 10.4 Å². The van der Waals surface area contributed by atoms with Crippen molar-refractivity contribution < 1.29 is 9.90 Å². The summed E-state index contributed by atoms with van der Waals surface area (Å²) in [6, 6.07) is 6.16. The Morgan fingerprint density at radius 3 is 2.92 bits per heavy atom. The van der Waals surface area contributed by atoms with Crippen LogP contribution in [0.4, 0.5) is 0 Å². The quantitative estimate of drug-likeness (QED) is 0.723. The van der Waals surface area contributed by atoms with Crippen LogP contribution in [0.1, 0.15) is 10.4 Å². The predicted molar refractivity (Wildman–Crippen MR) is 51.2 cm³/mol. The first-order valence-corrected chi connectivity index (χ1v) is 4.40. The Kier molecular flexibility index (Phi) is 3.58. The Labute approximate surface area is 81.3 Å². The van der Waals surface area contributed by atoms with E-state index in [2.05, 4.69) is 5.32 Å². The molecule has 0 heterocycles. The second-order valence-corrected chi connectivity index (χ2v) is 2.87. The van der Waals surface area contributed by atoms with E-state index < -0.39 is 0 Å². The monoisotopic (exact) mass is 199 g/mol. The van der Waals surface area contributed by atoms with Gasteiger partial charge in [-0.15, -0.1) is 11.6 Å². The number of halogens is 1. The topological polar surface area (TPSA) is 49.3 Å². The molecule has 0 aliphatic heterocycles. The van der Waals surface area contributed by atoms with E-state index in [-0.39, 0.29) is 11.7 Å². The highest BCUT2D eigenvalue weighted by atomic mass is 35.5. The van der Waals surface area contributed by atoms with Crippen molar-refractivity contribution in [1.82, 2.24) is 5.32 Å². The number of phenolic OH excluding ortho intramolecular Hbond substituents is 1. The lowest BCUT2D eigenvalue weighted by molar-refractivity contribution is 0.0955. The van der Waals surface area contributed by atoms with Gasteiger partial charge in [0.1, 0.15) is 5.75 Å². The molecule has 0 saturated heterocycles. The summed E-state index contributed by atoms with van der Waals surface area (Å²) in [7, 11) is 0. The number of carbonyl (C=O) groups is 1. The molecule has 1 aromatic rings. The molecule has 0 atom stereocenters. The van der Waals surface area contributed by atoms with Gasteiger partial charge in [-0.3, -0.25) is 4.79 Å². The fourth-order valence-corrected chi connectivity index (χ4v) is 1.00. The van der Waals surface area contributed by atoms with Crippen molar-refractivity contribution in [2.24, 2.45) is 0 Å². The van der Waals surface area contributed by atoms with E-state index in [4.69, 9.17) is 16.7 Å². The number of hydrogen-bond acceptors (Lipinski definition) is 2. The molecule has 4 heteroatoms. The van der Waals surface area contributed by atoms with Crippen LogP contribution in [0.3, 0.4) is 0 Å². The van der Waals surface area contributed by atoms with Gasteiger partial charge in [-0.05, 0) is 18.2 Å². The van der Waals surface area contributed by atoms with E-state index >= 15 is 0 Å². The summed E-state index contributed by atoms with van der Waals surface area (Å²) >= 11 is 5.40. The van der Waals surface area contributed by atoms with Gasteiger partial charge in [0.25, 0.3) is 5.91 Å². The van der Waals surface area contributed by atoms with Gasteiger partial charge in [0.15, 0.2) is 0 Å². The summed E-state index contributed by atoms with van der Waals surface area (Å²) in [5.41, 5.74) is 0.435. The Balaban J connectivity index is 2.66. The summed E-state index contributed by atoms with van der Waals surface area (Å²) in [6.07, 6.45) is 0. The van der Waals surface area contributed by atoms with Gasteiger partial charge in [-0.2, -0.15) is 0 Å². The molecule has 0 aliphatic rings. The normalized spacial score (nSPS) is 9.62. The van der Waals surface area contributed by atoms with E-state index in [9.17, 15) is 4.79 Å². The third-order valence-corrected chi connectivity index (χ3v) is 1.68. The summed E-state index contributed by atoms with van der Waals surface area (Å²) in [5.74, 6) is 0.236. The van der Waals surface area contributed by atoms with Crippen LogP contribution >= 0.6 is 11.6 Å². The minimum Gasteiger partial charge on any atom is -0.508 e. The van der Waals surface area contributed by atoms with Crippen LogP contribution in [0.2, 0.25) is 0 Å². The Bertz CT molecular complexity index is 301. The van der Waals surface area contributed by atoms with Gasteiger partial charge in [-0.25, -0.2) is 0 Å². The lowest BCUT2D eigenvalue weighted by Crippen LogP contribution is -2.25. The molecule has 0 aromatic heterocycles. The van der Waals surface area contributed by atoms with Gasteiger partial charge >= 0.3 is 0 Å². The van der Waals surface area contributed by atoms with E-state index in [0.29, 0.717) is 18.0 Å². The number of amides is 1. The average Bonchev–Trinajstić information content (AvgIpc) is 2.14. The number of phenols is 1. The zero-order chi connectivity index (χ0) is 9.68. The second-order valence-electron chi connectivity index (χ2n) is 2.50. The second kappa shape index (κ2) is 4.72. The molecule has 2 N–H and O–H groups in total. The number of nitrogens with one attached hydrogen (secondary N) is 1. The molecule has 0 radical (unpaired) electrons. The largest absolute Gasteiger partial charge is 0.508 e. The first kappa shape index (κ1) is 9.86. The first-order valence-electron chi connectivity index (χ1n) is 3.87. The maximum Gasteiger partial charge on any atom is 0.251 e. The lowest BCUT2D eigenvalue weighted by atomic mass is 10.2. The molecule has 1 amide bonds. The zero-order valence-corrected chi connectivity index (χ0v) is 7.71. The van der Waals surface area contributed by atoms with E-state index in [1.807, 2.05) is 0 Å². The SMILES string of the molecule is O=C(NCCCl)c1cccc(O)c1. The minimum atomic E-state index is -0.225. The Morgan fingerprint density at radius 2 is 2.31 bits per heavy atom. The van der Waals surface area contributed by atoms with Crippen LogP contribution in [-0.2, 0) is 0 Å². The number of aromatic hydroxyl groups is 1. The minimum absolute atomic E-state index is 0.0820. The number of alkyl halides is 1. The summed E-state index contributed by atoms with van der Waals surface area (Å²) in [4.78, 5) is 11.3. The maximum absolute atomic E-state index is 11.3. The van der Waals surface area contributed by atoms with Crippen LogP contribution in [0.15, 0.2) is 24.3 Å². The van der Waals surface area contributed by atoms with Crippen LogP contribution in [-0.4, -0.2) is 23.4 Å². The summed E-state index contributed by atoms with van der Waals surface area (Å²) in [6.45, 7) is 0.427. The average molecular weight is 200 g/mol. The van der Waals surface area contributed by atoms with Crippen LogP contribution in [0, 0.1) is 0 Å². The molecule has 0 unspecified atom stereocenters. The lowest BCUT2D eigenvalue weighted by Gasteiger charge is -2.02. The fourth-order valence-electron chi connectivity index (χ4n) is 0.910. The highest BCUT2D eigenvalue weighted by Gasteiger charge is 2.03. The molecule has 3 nitrogen and oxygen atoms in total. The van der Waals surface area contributed by atoms with Gasteiger partial charge in [0.2, 0.25) is 0 Å². The smallest absolute Gasteiger partial charge is 0.251 e. The molecule has 0 fully saturated rings. The van der Waals surface area contributed by atoms with Crippen molar-refractivity contribution in [2.45, 2.75) is 0 Å². The molecule has 13 heavy (non-hydrogen) atoms. The van der Waals surface area contributed by atoms with Crippen molar-refractivity contribution in [3.05, 3.63) is 29.8 Å². The van der Waals surface area contributed by atoms with Crippen molar-refractivity contribution in [3.63, 3.8) is 0 Å².